The molecule has 12 rings (SSSR count). The molecule has 3 heteroatoms. The molecule has 2 aliphatic carbocycles. The normalized spacial score (nSPS) is 13.3. The first kappa shape index (κ1) is 33.4. The second-order valence-electron chi connectivity index (χ2n) is 15.6. The fourth-order valence-corrected chi connectivity index (χ4v) is 9.78. The van der Waals surface area contributed by atoms with Gasteiger partial charge in [0.2, 0.25) is 0 Å². The number of rotatable bonds is 5. The zero-order chi connectivity index (χ0) is 39.2. The molecule has 0 amide bonds. The molecule has 0 aliphatic heterocycles. The predicted molar refractivity (Wildman–Crippen MR) is 242 cm³/mol. The Morgan fingerprint density at radius 1 is 0.627 bits per heavy atom. The Balaban J connectivity index is 0.953. The van der Waals surface area contributed by atoms with Crippen molar-refractivity contribution >= 4 is 50.3 Å². The van der Waals surface area contributed by atoms with E-state index in [0.717, 1.165) is 83.3 Å². The van der Waals surface area contributed by atoms with Crippen LogP contribution in [0.25, 0.3) is 83.6 Å². The van der Waals surface area contributed by atoms with Crippen molar-refractivity contribution in [3.8, 4) is 44.6 Å². The molecule has 10 aromatic rings. The Labute approximate surface area is 342 Å². The van der Waals surface area contributed by atoms with Crippen LogP contribution in [0.5, 0.6) is 0 Å². The SMILES string of the molecule is C=Cc1ccc2ccc(-c3ccc(-c4ccc5oc6ccccc6c5c4)cc3)nc2c1/N=C(\C)c1ccc2c(c1)C1(c3ccc#cc3-c3ccccc31)c1ccccc1-2. The first-order chi connectivity index (χ1) is 29.1. The average Bonchev–Trinajstić information content (AvgIpc) is 3.92. The molecular formula is C56H34N2O. The van der Waals surface area contributed by atoms with Gasteiger partial charge in [-0.3, -0.25) is 4.99 Å². The molecule has 274 valence electrons. The van der Waals surface area contributed by atoms with Crippen molar-refractivity contribution in [1.82, 2.24) is 4.98 Å². The molecule has 0 N–H and O–H groups in total. The molecule has 2 aliphatic rings. The number of furan rings is 1. The first-order valence-corrected chi connectivity index (χ1v) is 20.0. The molecule has 3 nitrogen and oxygen atoms in total. The van der Waals surface area contributed by atoms with Gasteiger partial charge in [-0.05, 0) is 105 Å². The second kappa shape index (κ2) is 12.6. The summed E-state index contributed by atoms with van der Waals surface area (Å²) in [6.45, 7) is 6.29. The molecular weight excluding hydrogens is 717 g/mol. The van der Waals surface area contributed by atoms with Crippen LogP contribution in [-0.4, -0.2) is 10.7 Å². The summed E-state index contributed by atoms with van der Waals surface area (Å²) in [5, 5.41) is 3.28. The van der Waals surface area contributed by atoms with Gasteiger partial charge < -0.3 is 4.42 Å². The summed E-state index contributed by atoms with van der Waals surface area (Å²) in [4.78, 5) is 10.7. The van der Waals surface area contributed by atoms with Crippen molar-refractivity contribution in [2.75, 3.05) is 0 Å². The smallest absolute Gasteiger partial charge is 0.135 e. The minimum atomic E-state index is -0.460. The van der Waals surface area contributed by atoms with E-state index < -0.39 is 5.41 Å². The summed E-state index contributed by atoms with van der Waals surface area (Å²) >= 11 is 0. The summed E-state index contributed by atoms with van der Waals surface area (Å²) in [7, 11) is 0. The number of fused-ring (bicyclic) bond motifs is 14. The van der Waals surface area contributed by atoms with Crippen molar-refractivity contribution in [2.24, 2.45) is 4.99 Å². The minimum Gasteiger partial charge on any atom is -0.456 e. The molecule has 1 unspecified atom stereocenters. The molecule has 8 aromatic carbocycles. The lowest BCUT2D eigenvalue weighted by molar-refractivity contribution is 0.669. The van der Waals surface area contributed by atoms with E-state index in [9.17, 15) is 0 Å². The van der Waals surface area contributed by atoms with Gasteiger partial charge in [0, 0.05) is 38.6 Å². The van der Waals surface area contributed by atoms with Crippen molar-refractivity contribution in [1.29, 1.82) is 0 Å². The van der Waals surface area contributed by atoms with E-state index in [-0.39, 0.29) is 0 Å². The number of benzene rings is 7. The fourth-order valence-electron chi connectivity index (χ4n) is 9.78. The highest BCUT2D eigenvalue weighted by Gasteiger charge is 2.51. The van der Waals surface area contributed by atoms with Crippen LogP contribution < -0.4 is 0 Å². The quantitative estimate of drug-likeness (QED) is 0.164. The first-order valence-electron chi connectivity index (χ1n) is 20.0. The maximum absolute atomic E-state index is 6.08. The number of nitrogens with zero attached hydrogens (tertiary/aromatic N) is 2. The van der Waals surface area contributed by atoms with Crippen molar-refractivity contribution in [2.45, 2.75) is 12.3 Å². The standard InChI is InChI=1S/C56H34N2O/c1-3-35-20-25-38-27-30-51(37-23-21-36(22-24-37)40-28-31-53-46(32-40)45-15-7-11-19-52(45)59-53)58-55(38)54(35)57-34(2)39-26-29-44-43-14-6-10-18-49(43)56(50(44)33-39)47-16-8-4-12-41(47)42-13-5-9-17-48(42)56/h3-4,6-12,14-33H,1H2,2H3/b57-34+. The van der Waals surface area contributed by atoms with Crippen LogP contribution in [-0.2, 0) is 5.41 Å². The van der Waals surface area contributed by atoms with E-state index >= 15 is 0 Å². The summed E-state index contributed by atoms with van der Waals surface area (Å²) < 4.78 is 6.08. The van der Waals surface area contributed by atoms with Gasteiger partial charge in [-0.25, -0.2) is 4.98 Å². The third kappa shape index (κ3) is 4.78. The maximum Gasteiger partial charge on any atom is 0.135 e. The molecule has 0 bridgehead atoms. The number of para-hydroxylation sites is 1. The monoisotopic (exact) mass is 750 g/mol. The van der Waals surface area contributed by atoms with Crippen molar-refractivity contribution in [3.05, 3.63) is 222 Å². The van der Waals surface area contributed by atoms with Gasteiger partial charge in [-0.15, -0.1) is 0 Å². The Bertz CT molecular complexity index is 3360. The highest BCUT2D eigenvalue weighted by Crippen LogP contribution is 2.62. The summed E-state index contributed by atoms with van der Waals surface area (Å²) in [6.07, 6.45) is 1.88. The molecule has 0 saturated carbocycles. The highest BCUT2D eigenvalue weighted by atomic mass is 16.3. The molecule has 0 saturated heterocycles. The van der Waals surface area contributed by atoms with Gasteiger partial charge in [0.25, 0.3) is 0 Å². The number of hydrogen-bond donors (Lipinski definition) is 0. The van der Waals surface area contributed by atoms with Crippen molar-refractivity contribution in [3.63, 3.8) is 0 Å². The number of aliphatic imine (C=N–C) groups is 1. The number of pyridine rings is 1. The van der Waals surface area contributed by atoms with Crippen LogP contribution >= 0.6 is 0 Å². The maximum atomic E-state index is 6.08. The largest absolute Gasteiger partial charge is 0.456 e. The number of aromatic nitrogens is 1. The topological polar surface area (TPSA) is 38.4 Å². The second-order valence-corrected chi connectivity index (χ2v) is 15.6. The average molecular weight is 751 g/mol. The molecule has 59 heavy (non-hydrogen) atoms. The van der Waals surface area contributed by atoms with E-state index in [1.165, 1.54) is 38.9 Å². The van der Waals surface area contributed by atoms with E-state index in [0.29, 0.717) is 0 Å². The van der Waals surface area contributed by atoms with Crippen LogP contribution in [0.15, 0.2) is 186 Å². The molecule has 0 radical (unpaired) electrons. The highest BCUT2D eigenvalue weighted by molar-refractivity contribution is 6.07. The third-order valence-electron chi connectivity index (χ3n) is 12.5. The Morgan fingerprint density at radius 2 is 1.34 bits per heavy atom. The zero-order valence-corrected chi connectivity index (χ0v) is 32.3. The molecule has 2 aromatic heterocycles. The number of hydrogen-bond acceptors (Lipinski definition) is 3. The van der Waals surface area contributed by atoms with E-state index in [2.05, 4.69) is 177 Å². The lowest BCUT2D eigenvalue weighted by Crippen LogP contribution is -2.26. The molecule has 1 spiro atoms. The van der Waals surface area contributed by atoms with Gasteiger partial charge >= 0.3 is 0 Å². The van der Waals surface area contributed by atoms with Gasteiger partial charge in [0.05, 0.1) is 22.3 Å². The minimum absolute atomic E-state index is 0.460. The zero-order valence-electron chi connectivity index (χ0n) is 32.3. The van der Waals surface area contributed by atoms with Gasteiger partial charge in [-0.1, -0.05) is 152 Å². The van der Waals surface area contributed by atoms with Crippen LogP contribution in [0.3, 0.4) is 0 Å². The van der Waals surface area contributed by atoms with Gasteiger partial charge in [0.1, 0.15) is 11.2 Å². The summed E-state index contributed by atoms with van der Waals surface area (Å²) in [5.41, 5.74) is 20.1. The van der Waals surface area contributed by atoms with Crippen molar-refractivity contribution < 1.29 is 4.42 Å². The summed E-state index contributed by atoms with van der Waals surface area (Å²) in [5.74, 6) is 0. The van der Waals surface area contributed by atoms with E-state index in [1.807, 2.05) is 24.3 Å². The van der Waals surface area contributed by atoms with Gasteiger partial charge in [-0.2, -0.15) is 0 Å². The Hall–Kier alpha value is -7.80. The lowest BCUT2D eigenvalue weighted by atomic mass is 9.70. The van der Waals surface area contributed by atoms with Crippen LogP contribution in [0.2, 0.25) is 0 Å². The third-order valence-corrected chi connectivity index (χ3v) is 12.5. The fraction of sp³-hybridized carbons (Fsp3) is 0.0357. The summed E-state index contributed by atoms with van der Waals surface area (Å²) in [6, 6.07) is 67.2. The Morgan fingerprint density at radius 3 is 2.20 bits per heavy atom. The molecule has 0 fully saturated rings. The van der Waals surface area contributed by atoms with Gasteiger partial charge in [0.15, 0.2) is 0 Å². The molecule has 2 heterocycles. The Kier molecular flexibility index (Phi) is 7.12. The van der Waals surface area contributed by atoms with E-state index in [1.54, 1.807) is 0 Å². The van der Waals surface area contributed by atoms with Crippen LogP contribution in [0.1, 0.15) is 40.3 Å². The van der Waals surface area contributed by atoms with Crippen LogP contribution in [0, 0.1) is 12.1 Å². The van der Waals surface area contributed by atoms with Crippen LogP contribution in [0.4, 0.5) is 5.69 Å². The lowest BCUT2D eigenvalue weighted by Gasteiger charge is -2.30. The predicted octanol–water partition coefficient (Wildman–Crippen LogP) is 14.2. The molecule has 1 atom stereocenters. The van der Waals surface area contributed by atoms with E-state index in [4.69, 9.17) is 14.4 Å².